The monoisotopic (exact) mass is 421 g/mol. The van der Waals surface area contributed by atoms with Crippen molar-refractivity contribution in [3.63, 3.8) is 0 Å². The minimum absolute atomic E-state index is 0.0550. The van der Waals surface area contributed by atoms with E-state index in [-0.39, 0.29) is 11.9 Å². The highest BCUT2D eigenvalue weighted by Crippen LogP contribution is 2.25. The van der Waals surface area contributed by atoms with Gasteiger partial charge in [0.05, 0.1) is 5.56 Å². The molecule has 98 valence electrons. The predicted molar refractivity (Wildman–Crippen MR) is 86.3 cm³/mol. The molecule has 1 fully saturated rings. The third kappa shape index (κ3) is 3.26. The fourth-order valence-electron chi connectivity index (χ4n) is 2.32. The summed E-state index contributed by atoms with van der Waals surface area (Å²) in [6.07, 6.45) is 4.68. The van der Waals surface area contributed by atoms with Crippen LogP contribution in [-0.2, 0) is 0 Å². The van der Waals surface area contributed by atoms with E-state index in [1.165, 1.54) is 12.8 Å². The lowest BCUT2D eigenvalue weighted by Crippen LogP contribution is -2.42. The van der Waals surface area contributed by atoms with Gasteiger partial charge in [0.25, 0.3) is 5.91 Å². The number of aryl methyl sites for hydroxylation is 1. The third-order valence-electron chi connectivity index (χ3n) is 3.43. The van der Waals surface area contributed by atoms with Crippen LogP contribution < -0.4 is 5.32 Å². The smallest absolute Gasteiger partial charge is 0.252 e. The van der Waals surface area contributed by atoms with Gasteiger partial charge in [-0.1, -0.05) is 40.9 Å². The highest BCUT2D eigenvalue weighted by atomic mass is 127. The average Bonchev–Trinajstić information content (AvgIpc) is 2.35. The fourth-order valence-corrected chi connectivity index (χ4v) is 3.64. The molecular formula is C14H17BrINO. The molecule has 0 radical (unpaired) electrons. The Morgan fingerprint density at radius 1 is 1.39 bits per heavy atom. The summed E-state index contributed by atoms with van der Waals surface area (Å²) in [5.74, 6) is 0.0550. The average molecular weight is 422 g/mol. The van der Waals surface area contributed by atoms with E-state index in [0.717, 1.165) is 27.5 Å². The predicted octanol–water partition coefficient (Wildman–Crippen LogP) is 4.04. The van der Waals surface area contributed by atoms with Crippen LogP contribution in [0.15, 0.2) is 18.2 Å². The quantitative estimate of drug-likeness (QED) is 0.566. The van der Waals surface area contributed by atoms with Crippen LogP contribution >= 0.6 is 38.5 Å². The van der Waals surface area contributed by atoms with Crippen LogP contribution in [-0.4, -0.2) is 16.8 Å². The Morgan fingerprint density at radius 2 is 2.11 bits per heavy atom. The molecule has 1 amide bonds. The van der Waals surface area contributed by atoms with Gasteiger partial charge in [-0.2, -0.15) is 0 Å². The minimum atomic E-state index is 0.0550. The maximum Gasteiger partial charge on any atom is 0.252 e. The van der Waals surface area contributed by atoms with Crippen molar-refractivity contribution in [2.24, 2.45) is 0 Å². The minimum Gasteiger partial charge on any atom is -0.348 e. The van der Waals surface area contributed by atoms with Gasteiger partial charge in [-0.15, -0.1) is 0 Å². The van der Waals surface area contributed by atoms with Crippen molar-refractivity contribution in [3.8, 4) is 0 Å². The highest BCUT2D eigenvalue weighted by molar-refractivity contribution is 14.1. The maximum absolute atomic E-state index is 12.3. The molecule has 18 heavy (non-hydrogen) atoms. The number of amides is 1. The second-order valence-corrected chi connectivity index (χ2v) is 7.07. The van der Waals surface area contributed by atoms with E-state index in [9.17, 15) is 4.79 Å². The number of rotatable bonds is 2. The summed E-state index contributed by atoms with van der Waals surface area (Å²) in [6.45, 7) is 2.03. The number of alkyl halides is 1. The van der Waals surface area contributed by atoms with Crippen molar-refractivity contribution in [1.29, 1.82) is 0 Å². The van der Waals surface area contributed by atoms with E-state index in [0.29, 0.717) is 4.83 Å². The number of carbonyl (C=O) groups is 1. The molecule has 1 saturated carbocycles. The summed E-state index contributed by atoms with van der Waals surface area (Å²) in [6, 6.07) is 6.14. The topological polar surface area (TPSA) is 29.1 Å². The maximum atomic E-state index is 12.3. The van der Waals surface area contributed by atoms with Crippen LogP contribution in [0.2, 0.25) is 0 Å². The van der Waals surface area contributed by atoms with E-state index in [1.807, 2.05) is 25.1 Å². The van der Waals surface area contributed by atoms with E-state index in [2.05, 4.69) is 43.8 Å². The van der Waals surface area contributed by atoms with E-state index in [4.69, 9.17) is 0 Å². The standard InChI is InChI=1S/C14H17BrINO/c1-9-5-4-6-10(13(9)16)14(18)17-12-8-3-2-7-11(12)15/h4-6,11-12H,2-3,7-8H2,1H3,(H,17,18). The number of benzene rings is 1. The van der Waals surface area contributed by atoms with Crippen molar-refractivity contribution < 1.29 is 4.79 Å². The first-order chi connectivity index (χ1) is 8.59. The molecule has 0 aromatic heterocycles. The molecule has 0 bridgehead atoms. The lowest BCUT2D eigenvalue weighted by Gasteiger charge is -2.28. The molecule has 1 aliphatic rings. The van der Waals surface area contributed by atoms with Gasteiger partial charge in [0, 0.05) is 14.4 Å². The van der Waals surface area contributed by atoms with Crippen LogP contribution in [0, 0.1) is 10.5 Å². The first kappa shape index (κ1) is 14.3. The van der Waals surface area contributed by atoms with Gasteiger partial charge in [-0.3, -0.25) is 4.79 Å². The summed E-state index contributed by atoms with van der Waals surface area (Å²) in [4.78, 5) is 12.7. The molecule has 1 aromatic carbocycles. The van der Waals surface area contributed by atoms with Crippen molar-refractivity contribution in [3.05, 3.63) is 32.9 Å². The molecule has 2 nitrogen and oxygen atoms in total. The van der Waals surface area contributed by atoms with E-state index in [1.54, 1.807) is 0 Å². The molecule has 0 saturated heterocycles. The number of carbonyl (C=O) groups excluding carboxylic acids is 1. The first-order valence-corrected chi connectivity index (χ1v) is 8.29. The summed E-state index contributed by atoms with van der Waals surface area (Å²) in [7, 11) is 0. The second kappa shape index (κ2) is 6.37. The third-order valence-corrected chi connectivity index (χ3v) is 5.96. The summed E-state index contributed by atoms with van der Waals surface area (Å²) in [5, 5.41) is 3.16. The Balaban J connectivity index is 2.09. The molecule has 1 aromatic rings. The fraction of sp³-hybridized carbons (Fsp3) is 0.500. The van der Waals surface area contributed by atoms with Gasteiger partial charge in [-0.25, -0.2) is 0 Å². The van der Waals surface area contributed by atoms with E-state index < -0.39 is 0 Å². The zero-order valence-electron chi connectivity index (χ0n) is 10.4. The molecule has 2 unspecified atom stereocenters. The van der Waals surface area contributed by atoms with Crippen LogP contribution in [0.3, 0.4) is 0 Å². The Hall–Kier alpha value is -0.100. The van der Waals surface area contributed by atoms with Gasteiger partial charge < -0.3 is 5.32 Å². The van der Waals surface area contributed by atoms with Crippen LogP contribution in [0.5, 0.6) is 0 Å². The Bertz CT molecular complexity index is 449. The van der Waals surface area contributed by atoms with Gasteiger partial charge >= 0.3 is 0 Å². The Kier molecular flexibility index (Phi) is 5.06. The number of nitrogens with one attached hydrogen (secondary N) is 1. The summed E-state index contributed by atoms with van der Waals surface area (Å²) in [5.41, 5.74) is 1.95. The molecule has 0 spiro atoms. The van der Waals surface area contributed by atoms with Crippen molar-refractivity contribution >= 4 is 44.4 Å². The van der Waals surface area contributed by atoms with Crippen LogP contribution in [0.25, 0.3) is 0 Å². The molecule has 1 aliphatic carbocycles. The zero-order chi connectivity index (χ0) is 13.1. The molecule has 0 aliphatic heterocycles. The SMILES string of the molecule is Cc1cccc(C(=O)NC2CCCCC2Br)c1I. The lowest BCUT2D eigenvalue weighted by molar-refractivity contribution is 0.0929. The largest absolute Gasteiger partial charge is 0.348 e. The molecule has 2 rings (SSSR count). The lowest BCUT2D eigenvalue weighted by atomic mass is 9.95. The molecular weight excluding hydrogens is 405 g/mol. The van der Waals surface area contributed by atoms with Gasteiger partial charge in [0.2, 0.25) is 0 Å². The molecule has 4 heteroatoms. The Morgan fingerprint density at radius 3 is 2.83 bits per heavy atom. The molecule has 1 N–H and O–H groups in total. The van der Waals surface area contributed by atoms with Crippen molar-refractivity contribution in [2.45, 2.75) is 43.5 Å². The summed E-state index contributed by atoms with van der Waals surface area (Å²) >= 11 is 5.92. The van der Waals surface area contributed by atoms with E-state index >= 15 is 0 Å². The number of hydrogen-bond donors (Lipinski definition) is 1. The van der Waals surface area contributed by atoms with Crippen LogP contribution in [0.1, 0.15) is 41.6 Å². The second-order valence-electron chi connectivity index (χ2n) is 4.82. The van der Waals surface area contributed by atoms with Gasteiger partial charge in [0.1, 0.15) is 0 Å². The molecule has 2 atom stereocenters. The Labute approximate surface area is 130 Å². The number of halogens is 2. The first-order valence-electron chi connectivity index (χ1n) is 6.29. The van der Waals surface area contributed by atoms with Crippen molar-refractivity contribution in [2.75, 3.05) is 0 Å². The van der Waals surface area contributed by atoms with Crippen LogP contribution in [0.4, 0.5) is 0 Å². The highest BCUT2D eigenvalue weighted by Gasteiger charge is 2.25. The van der Waals surface area contributed by atoms with Gasteiger partial charge in [-0.05, 0) is 54.0 Å². The zero-order valence-corrected chi connectivity index (χ0v) is 14.1. The summed E-state index contributed by atoms with van der Waals surface area (Å²) < 4.78 is 1.05. The number of hydrogen-bond acceptors (Lipinski definition) is 1. The van der Waals surface area contributed by atoms with Crippen molar-refractivity contribution in [1.82, 2.24) is 5.32 Å². The van der Waals surface area contributed by atoms with Gasteiger partial charge in [0.15, 0.2) is 0 Å². The molecule has 0 heterocycles. The normalized spacial score (nSPS) is 23.7.